The van der Waals surface area contributed by atoms with Crippen molar-refractivity contribution >= 4 is 23.1 Å². The summed E-state index contributed by atoms with van der Waals surface area (Å²) in [6, 6.07) is 11.9. The van der Waals surface area contributed by atoms with Gasteiger partial charge in [0.1, 0.15) is 11.6 Å². The van der Waals surface area contributed by atoms with E-state index in [1.807, 2.05) is 6.07 Å². The summed E-state index contributed by atoms with van der Waals surface area (Å²) in [7, 11) is 1.64. The first-order chi connectivity index (χ1) is 18.3. The Morgan fingerprint density at radius 1 is 1.05 bits per heavy atom. The molecule has 0 saturated heterocycles. The number of nitrogens with one attached hydrogen (secondary N) is 2. The molecule has 0 radical (unpaired) electrons. The van der Waals surface area contributed by atoms with Crippen molar-refractivity contribution in [3.05, 3.63) is 100 Å². The second-order valence-electron chi connectivity index (χ2n) is 9.12. The first-order valence-electron chi connectivity index (χ1n) is 12.2. The highest BCUT2D eigenvalue weighted by atomic mass is 19.1. The minimum absolute atomic E-state index is 0.109. The van der Waals surface area contributed by atoms with Crippen molar-refractivity contribution in [2.24, 2.45) is 0 Å². The fourth-order valence-corrected chi connectivity index (χ4v) is 4.47. The standard InChI is InChI=1S/C28H26F2N6O2/c1-17(31-2)27(37)34-26-28(38)36(25(15-33-26)19-3-5-21(29)6-4-19)16-18-11-23(14-32-13-18)35-10-9-20-12-22(30)7-8-24(20)35/h3-8,11-15,17,31H,9-10,16H2,1-2H3,(H,33,34,37)/t17-/m0/s1. The Morgan fingerprint density at radius 3 is 2.58 bits per heavy atom. The van der Waals surface area contributed by atoms with Crippen molar-refractivity contribution in [2.45, 2.75) is 25.9 Å². The topological polar surface area (TPSA) is 92.2 Å². The van der Waals surface area contributed by atoms with Crippen LogP contribution in [0.3, 0.4) is 0 Å². The van der Waals surface area contributed by atoms with Crippen molar-refractivity contribution in [3.63, 3.8) is 0 Å². The number of aromatic nitrogens is 3. The highest BCUT2D eigenvalue weighted by molar-refractivity contribution is 5.93. The van der Waals surface area contributed by atoms with Gasteiger partial charge >= 0.3 is 0 Å². The van der Waals surface area contributed by atoms with Gasteiger partial charge in [0.05, 0.1) is 36.4 Å². The molecular formula is C28H26F2N6O2. The van der Waals surface area contributed by atoms with Crippen LogP contribution < -0.4 is 21.1 Å². The van der Waals surface area contributed by atoms with Gasteiger partial charge in [-0.25, -0.2) is 13.8 Å². The van der Waals surface area contributed by atoms with E-state index < -0.39 is 23.3 Å². The number of anilines is 3. The molecule has 194 valence electrons. The van der Waals surface area contributed by atoms with Crippen LogP contribution in [0, 0.1) is 11.6 Å². The lowest BCUT2D eigenvalue weighted by molar-refractivity contribution is -0.117. The number of amides is 1. The molecule has 1 aliphatic rings. The molecule has 8 nitrogen and oxygen atoms in total. The molecule has 38 heavy (non-hydrogen) atoms. The van der Waals surface area contributed by atoms with Crippen LogP contribution in [0.15, 0.2) is 71.9 Å². The van der Waals surface area contributed by atoms with E-state index in [-0.39, 0.29) is 18.2 Å². The Bertz CT molecular complexity index is 1550. The molecule has 0 saturated carbocycles. The molecule has 0 fully saturated rings. The Kier molecular flexibility index (Phi) is 6.97. The van der Waals surface area contributed by atoms with Gasteiger partial charge in [0.25, 0.3) is 5.56 Å². The van der Waals surface area contributed by atoms with Gasteiger partial charge in [-0.1, -0.05) is 0 Å². The van der Waals surface area contributed by atoms with E-state index >= 15 is 0 Å². The molecule has 3 heterocycles. The van der Waals surface area contributed by atoms with Crippen molar-refractivity contribution in [1.29, 1.82) is 0 Å². The van der Waals surface area contributed by atoms with E-state index in [1.54, 1.807) is 50.6 Å². The molecule has 2 aromatic heterocycles. The maximum Gasteiger partial charge on any atom is 0.294 e. The molecule has 1 amide bonds. The van der Waals surface area contributed by atoms with Crippen molar-refractivity contribution in [2.75, 3.05) is 23.8 Å². The molecule has 0 aliphatic carbocycles. The minimum Gasteiger partial charge on any atom is -0.340 e. The number of benzene rings is 2. The lowest BCUT2D eigenvalue weighted by Gasteiger charge is -2.20. The normalized spacial score (nSPS) is 13.3. The Labute approximate surface area is 218 Å². The number of halogens is 2. The summed E-state index contributed by atoms with van der Waals surface area (Å²) in [5, 5.41) is 5.41. The molecule has 0 spiro atoms. The number of carbonyl (C=O) groups is 1. The summed E-state index contributed by atoms with van der Waals surface area (Å²) in [6.07, 6.45) is 5.58. The molecule has 5 rings (SSSR count). The summed E-state index contributed by atoms with van der Waals surface area (Å²) in [6.45, 7) is 2.48. The van der Waals surface area contributed by atoms with E-state index in [2.05, 4.69) is 25.5 Å². The quantitative estimate of drug-likeness (QED) is 0.388. The van der Waals surface area contributed by atoms with Crippen LogP contribution in [0.5, 0.6) is 0 Å². The molecule has 0 unspecified atom stereocenters. The van der Waals surface area contributed by atoms with E-state index in [1.165, 1.54) is 29.0 Å². The molecule has 1 atom stereocenters. The third kappa shape index (κ3) is 5.03. The third-order valence-electron chi connectivity index (χ3n) is 6.63. The average molecular weight is 517 g/mol. The van der Waals surface area contributed by atoms with Gasteiger partial charge in [0.2, 0.25) is 5.91 Å². The van der Waals surface area contributed by atoms with Crippen LogP contribution >= 0.6 is 0 Å². The fraction of sp³-hybridized carbons (Fsp3) is 0.214. The predicted octanol–water partition coefficient (Wildman–Crippen LogP) is 3.87. The Morgan fingerprint density at radius 2 is 1.82 bits per heavy atom. The molecule has 0 bridgehead atoms. The van der Waals surface area contributed by atoms with Gasteiger partial charge in [-0.2, -0.15) is 0 Å². The van der Waals surface area contributed by atoms with Gasteiger partial charge in [-0.05, 0) is 80.1 Å². The largest absolute Gasteiger partial charge is 0.340 e. The van der Waals surface area contributed by atoms with Gasteiger partial charge in [0, 0.05) is 24.0 Å². The number of pyridine rings is 1. The number of rotatable bonds is 7. The number of nitrogens with zero attached hydrogens (tertiary/aromatic N) is 4. The second-order valence-corrected chi connectivity index (χ2v) is 9.12. The fourth-order valence-electron chi connectivity index (χ4n) is 4.47. The maximum absolute atomic E-state index is 13.7. The maximum atomic E-state index is 13.7. The summed E-state index contributed by atoms with van der Waals surface area (Å²) < 4.78 is 28.8. The van der Waals surface area contributed by atoms with Crippen LogP contribution in [0.1, 0.15) is 18.1 Å². The van der Waals surface area contributed by atoms with Crippen LogP contribution in [-0.4, -0.2) is 40.1 Å². The summed E-state index contributed by atoms with van der Waals surface area (Å²) in [4.78, 5) is 36.6. The van der Waals surface area contributed by atoms with Gasteiger partial charge in [-0.3, -0.25) is 19.1 Å². The zero-order chi connectivity index (χ0) is 26.8. The van der Waals surface area contributed by atoms with Crippen molar-refractivity contribution < 1.29 is 13.6 Å². The van der Waals surface area contributed by atoms with E-state index in [9.17, 15) is 18.4 Å². The summed E-state index contributed by atoms with van der Waals surface area (Å²) in [5.41, 5.74) is 3.94. The third-order valence-corrected chi connectivity index (χ3v) is 6.63. The van der Waals surface area contributed by atoms with Gasteiger partial charge in [-0.15, -0.1) is 0 Å². The number of carbonyl (C=O) groups excluding carboxylic acids is 1. The first-order valence-corrected chi connectivity index (χ1v) is 12.2. The zero-order valence-corrected chi connectivity index (χ0v) is 20.9. The Balaban J connectivity index is 1.53. The number of likely N-dealkylation sites (N-methyl/N-ethyl adjacent to an activating group) is 1. The predicted molar refractivity (Wildman–Crippen MR) is 141 cm³/mol. The van der Waals surface area contributed by atoms with Crippen molar-refractivity contribution in [3.8, 4) is 11.3 Å². The van der Waals surface area contributed by atoms with Crippen LogP contribution in [0.25, 0.3) is 11.3 Å². The lowest BCUT2D eigenvalue weighted by atomic mass is 10.1. The number of hydrogen-bond donors (Lipinski definition) is 2. The SMILES string of the molecule is CN[C@@H](C)C(=O)Nc1ncc(-c2ccc(F)cc2)n(Cc2cncc(N3CCc4cc(F)ccc43)c2)c1=O. The molecule has 2 aromatic carbocycles. The number of fused-ring (bicyclic) bond motifs is 1. The van der Waals surface area contributed by atoms with Crippen LogP contribution in [0.4, 0.5) is 26.0 Å². The van der Waals surface area contributed by atoms with Crippen molar-refractivity contribution in [1.82, 2.24) is 19.9 Å². The van der Waals surface area contributed by atoms with E-state index in [0.717, 1.165) is 22.5 Å². The number of hydrogen-bond acceptors (Lipinski definition) is 6. The summed E-state index contributed by atoms with van der Waals surface area (Å²) >= 11 is 0. The zero-order valence-electron chi connectivity index (χ0n) is 20.9. The van der Waals surface area contributed by atoms with Gasteiger partial charge in [0.15, 0.2) is 5.82 Å². The van der Waals surface area contributed by atoms with Crippen LogP contribution in [0.2, 0.25) is 0 Å². The molecular weight excluding hydrogens is 490 g/mol. The van der Waals surface area contributed by atoms with Crippen LogP contribution in [-0.2, 0) is 17.8 Å². The monoisotopic (exact) mass is 516 g/mol. The first kappa shape index (κ1) is 25.2. The molecule has 4 aromatic rings. The average Bonchev–Trinajstić information content (AvgIpc) is 3.34. The lowest BCUT2D eigenvalue weighted by Crippen LogP contribution is -2.38. The minimum atomic E-state index is -0.529. The second kappa shape index (κ2) is 10.5. The Hall–Kier alpha value is -4.44. The summed E-state index contributed by atoms with van der Waals surface area (Å²) in [5.74, 6) is -1.17. The highest BCUT2D eigenvalue weighted by Gasteiger charge is 2.22. The molecule has 10 heteroatoms. The molecule has 1 aliphatic heterocycles. The smallest absolute Gasteiger partial charge is 0.294 e. The molecule has 2 N–H and O–H groups in total. The van der Waals surface area contributed by atoms with Gasteiger partial charge < -0.3 is 15.5 Å². The van der Waals surface area contributed by atoms with E-state index in [4.69, 9.17) is 0 Å². The van der Waals surface area contributed by atoms with E-state index in [0.29, 0.717) is 24.2 Å². The highest BCUT2D eigenvalue weighted by Crippen LogP contribution is 2.35.